The normalized spacial score (nSPS) is 14.4. The molecule has 0 unspecified atom stereocenters. The predicted molar refractivity (Wildman–Crippen MR) is 93.1 cm³/mol. The molecule has 1 aromatic heterocycles. The standard InChI is InChI=1S/C17H19N5O3S/c1-13(23)21-7-2-8-22-16(12-21)9-15(20-22)11-19-26(24,25)17-5-3-14(10-18)4-6-17/h3-6,9,19H,2,7-8,11-12H2,1H3. The van der Waals surface area contributed by atoms with Gasteiger partial charge in [0, 0.05) is 20.0 Å². The molecule has 2 aromatic rings. The molecule has 0 saturated carbocycles. The summed E-state index contributed by atoms with van der Waals surface area (Å²) in [5.41, 5.74) is 1.89. The molecule has 136 valence electrons. The van der Waals surface area contributed by atoms with E-state index in [2.05, 4.69) is 9.82 Å². The first-order valence-corrected chi connectivity index (χ1v) is 9.68. The lowest BCUT2D eigenvalue weighted by Crippen LogP contribution is -2.28. The van der Waals surface area contributed by atoms with Crippen molar-refractivity contribution in [2.45, 2.75) is 37.9 Å². The summed E-state index contributed by atoms with van der Waals surface area (Å²) in [5.74, 6) is 0.0164. The number of hydrogen-bond donors (Lipinski definition) is 1. The molecule has 1 amide bonds. The Hall–Kier alpha value is -2.70. The maximum absolute atomic E-state index is 12.4. The van der Waals surface area contributed by atoms with Crippen molar-refractivity contribution in [1.82, 2.24) is 19.4 Å². The van der Waals surface area contributed by atoms with Crippen molar-refractivity contribution in [3.05, 3.63) is 47.3 Å². The van der Waals surface area contributed by atoms with Gasteiger partial charge in [0.15, 0.2) is 0 Å². The fourth-order valence-corrected chi connectivity index (χ4v) is 3.84. The predicted octanol–water partition coefficient (Wildman–Crippen LogP) is 0.985. The summed E-state index contributed by atoms with van der Waals surface area (Å²) in [6.07, 6.45) is 0.810. The molecule has 0 fully saturated rings. The van der Waals surface area contributed by atoms with Crippen LogP contribution in [0.1, 0.15) is 30.3 Å². The molecule has 0 spiro atoms. The summed E-state index contributed by atoms with van der Waals surface area (Å²) in [5, 5.41) is 13.2. The second-order valence-corrected chi connectivity index (χ2v) is 7.87. The molecule has 9 heteroatoms. The van der Waals surface area contributed by atoms with Crippen LogP contribution in [0.3, 0.4) is 0 Å². The SMILES string of the molecule is CC(=O)N1CCCn2nc(CNS(=O)(=O)c3ccc(C#N)cc3)cc2C1. The molecule has 0 saturated heterocycles. The highest BCUT2D eigenvalue weighted by molar-refractivity contribution is 7.89. The number of nitrogens with one attached hydrogen (secondary N) is 1. The van der Waals surface area contributed by atoms with Gasteiger partial charge in [0.2, 0.25) is 15.9 Å². The average molecular weight is 373 g/mol. The summed E-state index contributed by atoms with van der Waals surface area (Å²) in [6.45, 7) is 3.46. The van der Waals surface area contributed by atoms with Gasteiger partial charge in [0.1, 0.15) is 0 Å². The lowest BCUT2D eigenvalue weighted by molar-refractivity contribution is -0.129. The highest BCUT2D eigenvalue weighted by Gasteiger charge is 2.19. The molecule has 1 N–H and O–H groups in total. The number of aryl methyl sites for hydroxylation is 1. The Morgan fingerprint density at radius 2 is 2.04 bits per heavy atom. The lowest BCUT2D eigenvalue weighted by atomic mass is 10.2. The number of carbonyl (C=O) groups is 1. The van der Waals surface area contributed by atoms with Gasteiger partial charge < -0.3 is 4.90 Å². The minimum Gasteiger partial charge on any atom is -0.337 e. The van der Waals surface area contributed by atoms with E-state index in [4.69, 9.17) is 5.26 Å². The van der Waals surface area contributed by atoms with Crippen LogP contribution in [-0.4, -0.2) is 35.6 Å². The molecule has 1 aliphatic heterocycles. The number of rotatable bonds is 4. The second kappa shape index (κ2) is 7.27. The highest BCUT2D eigenvalue weighted by atomic mass is 32.2. The van der Waals surface area contributed by atoms with E-state index in [0.29, 0.717) is 30.9 Å². The van der Waals surface area contributed by atoms with Crippen molar-refractivity contribution in [3.63, 3.8) is 0 Å². The van der Waals surface area contributed by atoms with E-state index in [1.165, 1.54) is 24.3 Å². The average Bonchev–Trinajstić information content (AvgIpc) is 2.90. The Balaban J connectivity index is 1.71. The van der Waals surface area contributed by atoms with Crippen LogP contribution in [0.5, 0.6) is 0 Å². The number of fused-ring (bicyclic) bond motifs is 1. The van der Waals surface area contributed by atoms with Crippen molar-refractivity contribution < 1.29 is 13.2 Å². The van der Waals surface area contributed by atoms with Crippen LogP contribution in [0.4, 0.5) is 0 Å². The zero-order chi connectivity index (χ0) is 18.7. The third kappa shape index (κ3) is 3.92. The van der Waals surface area contributed by atoms with Gasteiger partial charge in [-0.2, -0.15) is 10.4 Å². The maximum atomic E-state index is 12.4. The molecule has 2 heterocycles. The molecule has 3 rings (SSSR count). The molecule has 0 radical (unpaired) electrons. The highest BCUT2D eigenvalue weighted by Crippen LogP contribution is 2.15. The van der Waals surface area contributed by atoms with Crippen LogP contribution in [0.2, 0.25) is 0 Å². The summed E-state index contributed by atoms with van der Waals surface area (Å²) >= 11 is 0. The third-order valence-electron chi connectivity index (χ3n) is 4.25. The summed E-state index contributed by atoms with van der Waals surface area (Å²) in [4.78, 5) is 13.5. The number of benzene rings is 1. The van der Waals surface area contributed by atoms with Crippen LogP contribution in [0.25, 0.3) is 0 Å². The zero-order valence-electron chi connectivity index (χ0n) is 14.3. The molecule has 1 aromatic carbocycles. The first-order valence-electron chi connectivity index (χ1n) is 8.20. The summed E-state index contributed by atoms with van der Waals surface area (Å²) in [7, 11) is -3.69. The smallest absolute Gasteiger partial charge is 0.240 e. The fraction of sp³-hybridized carbons (Fsp3) is 0.353. The molecule has 0 bridgehead atoms. The lowest BCUT2D eigenvalue weighted by Gasteiger charge is -2.17. The van der Waals surface area contributed by atoms with Crippen molar-refractivity contribution in [2.75, 3.05) is 6.54 Å². The van der Waals surface area contributed by atoms with Crippen LogP contribution in [0, 0.1) is 11.3 Å². The van der Waals surface area contributed by atoms with Crippen LogP contribution >= 0.6 is 0 Å². The van der Waals surface area contributed by atoms with Gasteiger partial charge in [0.05, 0.1) is 41.0 Å². The second-order valence-electron chi connectivity index (χ2n) is 6.11. The van der Waals surface area contributed by atoms with Crippen molar-refractivity contribution >= 4 is 15.9 Å². The van der Waals surface area contributed by atoms with Crippen molar-refractivity contribution in [3.8, 4) is 6.07 Å². The Bertz CT molecular complexity index is 957. The van der Waals surface area contributed by atoms with Crippen LogP contribution in [-0.2, 0) is 34.5 Å². The Labute approximate surface area is 152 Å². The minimum absolute atomic E-state index is 0.0164. The van der Waals surface area contributed by atoms with E-state index in [0.717, 1.165) is 12.1 Å². The van der Waals surface area contributed by atoms with E-state index in [-0.39, 0.29) is 17.3 Å². The molecule has 0 atom stereocenters. The fourth-order valence-electron chi connectivity index (χ4n) is 2.84. The van der Waals surface area contributed by atoms with E-state index >= 15 is 0 Å². The number of amides is 1. The van der Waals surface area contributed by atoms with Gasteiger partial charge >= 0.3 is 0 Å². The van der Waals surface area contributed by atoms with Gasteiger partial charge in [-0.1, -0.05) is 0 Å². The molecular formula is C17H19N5O3S. The van der Waals surface area contributed by atoms with E-state index in [1.54, 1.807) is 11.8 Å². The van der Waals surface area contributed by atoms with Gasteiger partial charge in [-0.05, 0) is 36.8 Å². The minimum atomic E-state index is -3.69. The van der Waals surface area contributed by atoms with Gasteiger partial charge in [-0.3, -0.25) is 9.48 Å². The Morgan fingerprint density at radius 3 is 2.69 bits per heavy atom. The number of sulfonamides is 1. The van der Waals surface area contributed by atoms with Gasteiger partial charge in [0.25, 0.3) is 0 Å². The molecule has 1 aliphatic rings. The zero-order valence-corrected chi connectivity index (χ0v) is 15.2. The molecule has 0 aliphatic carbocycles. The van der Waals surface area contributed by atoms with Gasteiger partial charge in [-0.15, -0.1) is 0 Å². The van der Waals surface area contributed by atoms with Gasteiger partial charge in [-0.25, -0.2) is 13.1 Å². The van der Waals surface area contributed by atoms with Crippen molar-refractivity contribution in [2.24, 2.45) is 0 Å². The quantitative estimate of drug-likeness (QED) is 0.860. The van der Waals surface area contributed by atoms with Crippen molar-refractivity contribution in [1.29, 1.82) is 5.26 Å². The summed E-state index contributed by atoms with van der Waals surface area (Å²) in [6, 6.07) is 9.49. The largest absolute Gasteiger partial charge is 0.337 e. The first kappa shape index (κ1) is 18.1. The third-order valence-corrected chi connectivity index (χ3v) is 5.66. The maximum Gasteiger partial charge on any atom is 0.240 e. The number of nitrogens with zero attached hydrogens (tertiary/aromatic N) is 4. The van der Waals surface area contributed by atoms with E-state index in [1.807, 2.05) is 16.8 Å². The van der Waals surface area contributed by atoms with Crippen LogP contribution < -0.4 is 4.72 Å². The molecular weight excluding hydrogens is 354 g/mol. The topological polar surface area (TPSA) is 108 Å². The first-order chi connectivity index (χ1) is 12.4. The number of hydrogen-bond acceptors (Lipinski definition) is 5. The van der Waals surface area contributed by atoms with E-state index < -0.39 is 10.0 Å². The number of nitriles is 1. The Morgan fingerprint density at radius 1 is 1.31 bits per heavy atom. The number of aromatic nitrogens is 2. The van der Waals surface area contributed by atoms with Crippen LogP contribution in [0.15, 0.2) is 35.2 Å². The Kier molecular flexibility index (Phi) is 5.06. The molecule has 26 heavy (non-hydrogen) atoms. The van der Waals surface area contributed by atoms with E-state index in [9.17, 15) is 13.2 Å². The molecule has 8 nitrogen and oxygen atoms in total. The number of carbonyl (C=O) groups excluding carboxylic acids is 1. The monoisotopic (exact) mass is 373 g/mol. The summed E-state index contributed by atoms with van der Waals surface area (Å²) < 4.78 is 29.1.